The average molecular weight is 314 g/mol. The fraction of sp³-hybridized carbons (Fsp3) is 0.882. The zero-order valence-corrected chi connectivity index (χ0v) is 13.9. The Bertz CT molecular complexity index is 340. The first-order valence-corrected chi connectivity index (χ1v) is 8.49. The fourth-order valence-electron chi connectivity index (χ4n) is 2.88. The average Bonchev–Trinajstić information content (AvgIpc) is 2.49. The highest BCUT2D eigenvalue weighted by Gasteiger charge is 2.36. The molecule has 22 heavy (non-hydrogen) atoms. The van der Waals surface area contributed by atoms with Crippen molar-refractivity contribution >= 4 is 11.9 Å². The molecule has 5 nitrogen and oxygen atoms in total. The van der Waals surface area contributed by atoms with E-state index < -0.39 is 17.8 Å². The van der Waals surface area contributed by atoms with Gasteiger partial charge >= 0.3 is 11.9 Å². The molecule has 0 heterocycles. The summed E-state index contributed by atoms with van der Waals surface area (Å²) in [6, 6.07) is 0. The second-order valence-corrected chi connectivity index (χ2v) is 6.51. The Balaban J connectivity index is 2.11. The Labute approximate surface area is 133 Å². The van der Waals surface area contributed by atoms with E-state index in [9.17, 15) is 9.59 Å². The number of unbranched alkanes of at least 4 members (excludes halogenated alkanes) is 1. The standard InChI is InChI=1S/C17H30O5/c1-13(2)7-5-6-10-21-11-12-22-17(20)15-9-4-3-8-14(15)16(18)19/h13-15H,3-12H2,1-2H3,(H,18,19). The summed E-state index contributed by atoms with van der Waals surface area (Å²) in [5, 5.41) is 9.16. The van der Waals surface area contributed by atoms with Gasteiger partial charge in [0.05, 0.1) is 18.4 Å². The van der Waals surface area contributed by atoms with E-state index in [4.69, 9.17) is 14.6 Å². The van der Waals surface area contributed by atoms with Crippen LogP contribution >= 0.6 is 0 Å². The maximum atomic E-state index is 12.0. The monoisotopic (exact) mass is 314 g/mol. The van der Waals surface area contributed by atoms with E-state index >= 15 is 0 Å². The lowest BCUT2D eigenvalue weighted by atomic mass is 9.79. The number of hydrogen-bond acceptors (Lipinski definition) is 4. The molecule has 0 radical (unpaired) electrons. The molecular weight excluding hydrogens is 284 g/mol. The van der Waals surface area contributed by atoms with Crippen molar-refractivity contribution < 1.29 is 24.2 Å². The van der Waals surface area contributed by atoms with E-state index in [0.717, 1.165) is 31.6 Å². The maximum Gasteiger partial charge on any atom is 0.309 e. The topological polar surface area (TPSA) is 72.8 Å². The number of aliphatic carboxylic acids is 1. The first-order valence-electron chi connectivity index (χ1n) is 8.49. The molecule has 2 atom stereocenters. The van der Waals surface area contributed by atoms with Gasteiger partial charge in [-0.3, -0.25) is 9.59 Å². The predicted molar refractivity (Wildman–Crippen MR) is 83.6 cm³/mol. The number of carboxylic acid groups (broad SMARTS) is 1. The van der Waals surface area contributed by atoms with Crippen LogP contribution in [0.3, 0.4) is 0 Å². The molecule has 0 saturated heterocycles. The minimum atomic E-state index is -0.886. The lowest BCUT2D eigenvalue weighted by Gasteiger charge is -2.26. The van der Waals surface area contributed by atoms with E-state index in [1.807, 2.05) is 0 Å². The Morgan fingerprint density at radius 1 is 1.05 bits per heavy atom. The summed E-state index contributed by atoms with van der Waals surface area (Å²) >= 11 is 0. The van der Waals surface area contributed by atoms with Crippen LogP contribution < -0.4 is 0 Å². The zero-order chi connectivity index (χ0) is 16.4. The number of carboxylic acids is 1. The molecule has 5 heteroatoms. The molecule has 128 valence electrons. The molecule has 1 aliphatic carbocycles. The molecule has 1 fully saturated rings. The van der Waals surface area contributed by atoms with Crippen molar-refractivity contribution in [3.05, 3.63) is 0 Å². The minimum absolute atomic E-state index is 0.214. The lowest BCUT2D eigenvalue weighted by molar-refractivity contribution is -0.160. The van der Waals surface area contributed by atoms with E-state index in [1.54, 1.807) is 0 Å². The molecule has 0 bridgehead atoms. The third kappa shape index (κ3) is 7.25. The normalized spacial score (nSPS) is 21.8. The molecule has 2 unspecified atom stereocenters. The van der Waals surface area contributed by atoms with Gasteiger partial charge in [-0.2, -0.15) is 0 Å². The Morgan fingerprint density at radius 3 is 2.36 bits per heavy atom. The Hall–Kier alpha value is -1.10. The molecule has 1 saturated carbocycles. The highest BCUT2D eigenvalue weighted by atomic mass is 16.6. The van der Waals surface area contributed by atoms with E-state index in [2.05, 4.69) is 13.8 Å². The fourth-order valence-corrected chi connectivity index (χ4v) is 2.88. The molecular formula is C17H30O5. The third-order valence-electron chi connectivity index (χ3n) is 4.18. The second kappa shape index (κ2) is 10.6. The van der Waals surface area contributed by atoms with Crippen molar-refractivity contribution in [3.63, 3.8) is 0 Å². The summed E-state index contributed by atoms with van der Waals surface area (Å²) in [6.45, 7) is 5.70. The van der Waals surface area contributed by atoms with Crippen molar-refractivity contribution in [2.75, 3.05) is 19.8 Å². The predicted octanol–water partition coefficient (Wildman–Crippen LogP) is 3.26. The molecule has 1 N–H and O–H groups in total. The van der Waals surface area contributed by atoms with Crippen molar-refractivity contribution in [1.29, 1.82) is 0 Å². The SMILES string of the molecule is CC(C)CCCCOCCOC(=O)C1CCCCC1C(=O)O. The smallest absolute Gasteiger partial charge is 0.309 e. The number of carbonyl (C=O) groups is 2. The van der Waals surface area contributed by atoms with Crippen molar-refractivity contribution in [2.45, 2.75) is 58.8 Å². The van der Waals surface area contributed by atoms with Crippen LogP contribution in [0.4, 0.5) is 0 Å². The molecule has 1 aliphatic rings. The van der Waals surface area contributed by atoms with Gasteiger partial charge in [-0.25, -0.2) is 0 Å². The zero-order valence-electron chi connectivity index (χ0n) is 13.9. The van der Waals surface area contributed by atoms with Crippen LogP contribution in [0.5, 0.6) is 0 Å². The van der Waals surface area contributed by atoms with Crippen LogP contribution in [0.25, 0.3) is 0 Å². The van der Waals surface area contributed by atoms with E-state index in [-0.39, 0.29) is 12.6 Å². The molecule has 0 aliphatic heterocycles. The van der Waals surface area contributed by atoms with Crippen LogP contribution in [0, 0.1) is 17.8 Å². The largest absolute Gasteiger partial charge is 0.481 e. The molecule has 0 aromatic rings. The highest BCUT2D eigenvalue weighted by Crippen LogP contribution is 2.31. The number of esters is 1. The number of ether oxygens (including phenoxy) is 2. The van der Waals surface area contributed by atoms with Gasteiger partial charge in [0.2, 0.25) is 0 Å². The maximum absolute atomic E-state index is 12.0. The molecule has 0 aromatic carbocycles. The molecule has 0 amide bonds. The Morgan fingerprint density at radius 2 is 1.73 bits per heavy atom. The van der Waals surface area contributed by atoms with E-state index in [0.29, 0.717) is 26.1 Å². The summed E-state index contributed by atoms with van der Waals surface area (Å²) < 4.78 is 10.6. The van der Waals surface area contributed by atoms with Gasteiger partial charge in [0.15, 0.2) is 0 Å². The van der Waals surface area contributed by atoms with Crippen molar-refractivity contribution in [3.8, 4) is 0 Å². The Kier molecular flexibility index (Phi) is 9.13. The molecule has 1 rings (SSSR count). The number of hydrogen-bond donors (Lipinski definition) is 1. The van der Waals surface area contributed by atoms with E-state index in [1.165, 1.54) is 6.42 Å². The van der Waals surface area contributed by atoms with Crippen LogP contribution in [0.1, 0.15) is 58.8 Å². The third-order valence-corrected chi connectivity index (χ3v) is 4.18. The quantitative estimate of drug-likeness (QED) is 0.495. The van der Waals surface area contributed by atoms with Gasteiger partial charge in [-0.1, -0.05) is 39.5 Å². The van der Waals surface area contributed by atoms with Gasteiger partial charge in [0.25, 0.3) is 0 Å². The van der Waals surface area contributed by atoms with Gasteiger partial charge in [-0.05, 0) is 25.2 Å². The first-order chi connectivity index (χ1) is 10.5. The van der Waals surface area contributed by atoms with Crippen LogP contribution in [-0.2, 0) is 19.1 Å². The minimum Gasteiger partial charge on any atom is -0.481 e. The van der Waals surface area contributed by atoms with Gasteiger partial charge < -0.3 is 14.6 Å². The molecule has 0 spiro atoms. The summed E-state index contributed by atoms with van der Waals surface area (Å²) in [4.78, 5) is 23.1. The van der Waals surface area contributed by atoms with Gasteiger partial charge in [0.1, 0.15) is 6.61 Å². The van der Waals surface area contributed by atoms with Gasteiger partial charge in [0, 0.05) is 6.61 Å². The van der Waals surface area contributed by atoms with Crippen molar-refractivity contribution in [2.24, 2.45) is 17.8 Å². The molecule has 0 aromatic heterocycles. The summed E-state index contributed by atoms with van der Waals surface area (Å²) in [5.74, 6) is -1.62. The highest BCUT2D eigenvalue weighted by molar-refractivity contribution is 5.81. The number of rotatable bonds is 10. The second-order valence-electron chi connectivity index (χ2n) is 6.51. The van der Waals surface area contributed by atoms with Crippen LogP contribution in [0.2, 0.25) is 0 Å². The van der Waals surface area contributed by atoms with Crippen LogP contribution in [0.15, 0.2) is 0 Å². The summed E-state index contributed by atoms with van der Waals surface area (Å²) in [7, 11) is 0. The summed E-state index contributed by atoms with van der Waals surface area (Å²) in [5.41, 5.74) is 0. The van der Waals surface area contributed by atoms with Crippen molar-refractivity contribution in [1.82, 2.24) is 0 Å². The summed E-state index contributed by atoms with van der Waals surface area (Å²) in [6.07, 6.45) is 6.34. The first kappa shape index (κ1) is 18.9. The number of carbonyl (C=O) groups excluding carboxylic acids is 1. The van der Waals surface area contributed by atoms with Gasteiger partial charge in [-0.15, -0.1) is 0 Å². The lowest BCUT2D eigenvalue weighted by Crippen LogP contribution is -2.34. The van der Waals surface area contributed by atoms with Crippen LogP contribution in [-0.4, -0.2) is 36.9 Å².